The molecule has 47 heavy (non-hydrogen) atoms. The minimum absolute atomic E-state index is 0.00644. The molecule has 3 N–H and O–H groups in total. The van der Waals surface area contributed by atoms with Crippen molar-refractivity contribution in [1.29, 1.82) is 0 Å². The smallest absolute Gasteiger partial charge is 0.422 e. The number of carbonyl (C=O) groups is 2. The zero-order chi connectivity index (χ0) is 33.5. The van der Waals surface area contributed by atoms with Gasteiger partial charge in [0.15, 0.2) is 0 Å². The summed E-state index contributed by atoms with van der Waals surface area (Å²) in [5.41, 5.74) is 4.72. The number of rotatable bonds is 15. The second-order valence-electron chi connectivity index (χ2n) is 12.5. The molecule has 1 saturated heterocycles. The van der Waals surface area contributed by atoms with Crippen molar-refractivity contribution in [3.05, 3.63) is 102 Å². The Morgan fingerprint density at radius 2 is 1.53 bits per heavy atom. The molecule has 0 unspecified atom stereocenters. The van der Waals surface area contributed by atoms with E-state index in [0.29, 0.717) is 13.0 Å². The van der Waals surface area contributed by atoms with Crippen molar-refractivity contribution < 1.29 is 33.6 Å². The Morgan fingerprint density at radius 3 is 2.17 bits per heavy atom. The highest BCUT2D eigenvalue weighted by Gasteiger charge is 2.27. The number of hydrogen-bond acceptors (Lipinski definition) is 9. The molecule has 0 spiro atoms. The van der Waals surface area contributed by atoms with Gasteiger partial charge in [-0.3, -0.25) is 10.3 Å². The summed E-state index contributed by atoms with van der Waals surface area (Å²) in [4.78, 5) is 28.0. The molecule has 4 rings (SSSR count). The van der Waals surface area contributed by atoms with Gasteiger partial charge in [0.25, 0.3) is 0 Å². The van der Waals surface area contributed by atoms with Crippen LogP contribution >= 0.6 is 0 Å². The number of benzene rings is 3. The molecule has 1 heterocycles. The zero-order valence-electron chi connectivity index (χ0n) is 27.6. The van der Waals surface area contributed by atoms with E-state index in [4.69, 9.17) is 18.9 Å². The molecule has 0 radical (unpaired) electrons. The highest BCUT2D eigenvalue weighted by molar-refractivity contribution is 5.68. The molecule has 1 fully saturated rings. The summed E-state index contributed by atoms with van der Waals surface area (Å²) in [5.74, 6) is 0.745. The maximum absolute atomic E-state index is 12.9. The first-order valence-corrected chi connectivity index (χ1v) is 16.1. The van der Waals surface area contributed by atoms with Crippen molar-refractivity contribution in [2.24, 2.45) is 0 Å². The average molecular weight is 649 g/mol. The van der Waals surface area contributed by atoms with E-state index >= 15 is 0 Å². The van der Waals surface area contributed by atoms with Crippen molar-refractivity contribution in [2.75, 3.05) is 46.0 Å². The molecule has 2 atom stereocenters. The number of nitrogens with zero attached hydrogens (tertiary/aromatic N) is 2. The highest BCUT2D eigenvalue weighted by Crippen LogP contribution is 2.16. The molecule has 0 aliphatic carbocycles. The molecule has 0 saturated carbocycles. The zero-order valence-corrected chi connectivity index (χ0v) is 27.6. The van der Waals surface area contributed by atoms with Crippen molar-refractivity contribution in [3.8, 4) is 5.75 Å². The summed E-state index contributed by atoms with van der Waals surface area (Å²) in [7, 11) is 0. The monoisotopic (exact) mass is 648 g/mol. The maximum atomic E-state index is 12.9. The Morgan fingerprint density at radius 1 is 0.894 bits per heavy atom. The summed E-state index contributed by atoms with van der Waals surface area (Å²) >= 11 is 0. The van der Waals surface area contributed by atoms with Crippen LogP contribution in [0.4, 0.5) is 9.59 Å². The lowest BCUT2D eigenvalue weighted by atomic mass is 10.0. The van der Waals surface area contributed by atoms with Crippen LogP contribution in [0.1, 0.15) is 37.5 Å². The number of carbonyl (C=O) groups excluding carboxylic acids is 2. The van der Waals surface area contributed by atoms with Gasteiger partial charge in [-0.15, -0.1) is 0 Å². The van der Waals surface area contributed by atoms with Gasteiger partial charge in [0, 0.05) is 32.7 Å². The first-order chi connectivity index (χ1) is 22.6. The second-order valence-corrected chi connectivity index (χ2v) is 12.5. The van der Waals surface area contributed by atoms with Gasteiger partial charge in [0.05, 0.1) is 25.4 Å². The molecule has 254 valence electrons. The molecule has 3 aromatic rings. The molecule has 0 aromatic heterocycles. The van der Waals surface area contributed by atoms with Crippen LogP contribution in [0.3, 0.4) is 0 Å². The molecule has 1 aliphatic heterocycles. The Bertz CT molecular complexity index is 1350. The first-order valence-electron chi connectivity index (χ1n) is 16.1. The lowest BCUT2D eigenvalue weighted by molar-refractivity contribution is 0.0141. The lowest BCUT2D eigenvalue weighted by Gasteiger charge is -2.31. The molecule has 11 nitrogen and oxygen atoms in total. The fourth-order valence-electron chi connectivity index (χ4n) is 5.03. The number of hydrazine groups is 1. The molecule has 0 bridgehead atoms. The van der Waals surface area contributed by atoms with Gasteiger partial charge in [0.2, 0.25) is 0 Å². The van der Waals surface area contributed by atoms with E-state index in [1.165, 1.54) is 0 Å². The van der Waals surface area contributed by atoms with Crippen LogP contribution in [0.25, 0.3) is 0 Å². The Balaban J connectivity index is 1.41. The standard InChI is InChI=1S/C36H48N4O7/c1-36(2,3)47-35(43)38-40(25-29-14-16-31(17-15-29)45-23-20-39-18-21-44-22-19-39)26-33(41)32(24-28-10-6-4-7-11-28)37-34(42)46-27-30-12-8-5-9-13-30/h4-17,32-33,41H,18-27H2,1-3H3,(H,37,42)(H,38,43)/t32-,33-/m0/s1. The van der Waals surface area contributed by atoms with E-state index in [-0.39, 0.29) is 19.7 Å². The normalized spacial score (nSPS) is 15.0. The number of hydrogen-bond donors (Lipinski definition) is 3. The van der Waals surface area contributed by atoms with Gasteiger partial charge in [-0.1, -0.05) is 72.8 Å². The van der Waals surface area contributed by atoms with Crippen LogP contribution in [-0.2, 0) is 33.8 Å². The third-order valence-corrected chi connectivity index (χ3v) is 7.41. The van der Waals surface area contributed by atoms with Gasteiger partial charge < -0.3 is 29.4 Å². The fraction of sp³-hybridized carbons (Fsp3) is 0.444. The number of amides is 2. The number of alkyl carbamates (subject to hydrolysis) is 1. The van der Waals surface area contributed by atoms with Crippen LogP contribution in [-0.4, -0.2) is 90.9 Å². The molecular weight excluding hydrogens is 600 g/mol. The second kappa shape index (κ2) is 18.2. The highest BCUT2D eigenvalue weighted by atomic mass is 16.6. The summed E-state index contributed by atoms with van der Waals surface area (Å²) in [6, 6.07) is 25.8. The van der Waals surface area contributed by atoms with Gasteiger partial charge in [0.1, 0.15) is 24.6 Å². The van der Waals surface area contributed by atoms with Crippen LogP contribution in [0.15, 0.2) is 84.9 Å². The number of aliphatic hydroxyl groups is 1. The van der Waals surface area contributed by atoms with E-state index in [1.54, 1.807) is 25.8 Å². The summed E-state index contributed by atoms with van der Waals surface area (Å²) in [5, 5.41) is 15.9. The van der Waals surface area contributed by atoms with Crippen LogP contribution < -0.4 is 15.5 Å². The third-order valence-electron chi connectivity index (χ3n) is 7.41. The van der Waals surface area contributed by atoms with Gasteiger partial charge >= 0.3 is 12.2 Å². The molecule has 2 amide bonds. The minimum atomic E-state index is -1.09. The van der Waals surface area contributed by atoms with Crippen LogP contribution in [0.5, 0.6) is 5.75 Å². The molecular formula is C36H48N4O7. The van der Waals surface area contributed by atoms with E-state index in [1.807, 2.05) is 84.9 Å². The average Bonchev–Trinajstić information content (AvgIpc) is 3.05. The van der Waals surface area contributed by atoms with E-state index < -0.39 is 29.9 Å². The van der Waals surface area contributed by atoms with E-state index in [0.717, 1.165) is 55.3 Å². The quantitative estimate of drug-likeness (QED) is 0.204. The van der Waals surface area contributed by atoms with E-state index in [9.17, 15) is 14.7 Å². The Kier molecular flexibility index (Phi) is 13.9. The van der Waals surface area contributed by atoms with Crippen molar-refractivity contribution in [2.45, 2.75) is 58.1 Å². The van der Waals surface area contributed by atoms with E-state index in [2.05, 4.69) is 15.6 Å². The number of ether oxygens (including phenoxy) is 4. The first kappa shape index (κ1) is 35.7. The number of nitrogens with one attached hydrogen (secondary N) is 2. The topological polar surface area (TPSA) is 122 Å². The molecule has 3 aromatic carbocycles. The van der Waals surface area contributed by atoms with Crippen molar-refractivity contribution >= 4 is 12.2 Å². The SMILES string of the molecule is CC(C)(C)OC(=O)NN(Cc1ccc(OCCN2CCOCC2)cc1)C[C@H](O)[C@H](Cc1ccccc1)NC(=O)OCc1ccccc1. The Labute approximate surface area is 277 Å². The fourth-order valence-corrected chi connectivity index (χ4v) is 5.03. The van der Waals surface area contributed by atoms with Crippen LogP contribution in [0.2, 0.25) is 0 Å². The summed E-state index contributed by atoms with van der Waals surface area (Å²) in [6.07, 6.45) is -2.04. The van der Waals surface area contributed by atoms with Gasteiger partial charge in [-0.25, -0.2) is 14.6 Å². The predicted molar refractivity (Wildman–Crippen MR) is 179 cm³/mol. The van der Waals surface area contributed by atoms with Gasteiger partial charge in [-0.2, -0.15) is 0 Å². The maximum Gasteiger partial charge on any atom is 0.422 e. The Hall–Kier alpha value is -4.16. The summed E-state index contributed by atoms with van der Waals surface area (Å²) < 4.78 is 22.3. The molecule has 11 heteroatoms. The number of aliphatic hydroxyl groups excluding tert-OH is 1. The lowest BCUT2D eigenvalue weighted by Crippen LogP contribution is -2.53. The van der Waals surface area contributed by atoms with Gasteiger partial charge in [-0.05, 0) is 56.0 Å². The van der Waals surface area contributed by atoms with Crippen LogP contribution in [0, 0.1) is 0 Å². The van der Waals surface area contributed by atoms with Crippen molar-refractivity contribution in [1.82, 2.24) is 20.7 Å². The molecule has 1 aliphatic rings. The predicted octanol–water partition coefficient (Wildman–Crippen LogP) is 4.54. The number of morpholine rings is 1. The third kappa shape index (κ3) is 13.6. The summed E-state index contributed by atoms with van der Waals surface area (Å²) in [6.45, 7) is 10.4. The largest absolute Gasteiger partial charge is 0.492 e. The minimum Gasteiger partial charge on any atom is -0.492 e. The van der Waals surface area contributed by atoms with Crippen molar-refractivity contribution in [3.63, 3.8) is 0 Å².